The van der Waals surface area contributed by atoms with Crippen molar-refractivity contribution in [2.75, 3.05) is 19.6 Å². The van der Waals surface area contributed by atoms with Crippen LogP contribution in [0.2, 0.25) is 0 Å². The monoisotopic (exact) mass is 384 g/mol. The van der Waals surface area contributed by atoms with Crippen molar-refractivity contribution in [3.8, 4) is 0 Å². The lowest BCUT2D eigenvalue weighted by atomic mass is 10.0. The van der Waals surface area contributed by atoms with Gasteiger partial charge in [-0.15, -0.1) is 10.2 Å². The van der Waals surface area contributed by atoms with E-state index in [-0.39, 0.29) is 11.9 Å². The first kappa shape index (κ1) is 20.5. The van der Waals surface area contributed by atoms with Crippen LogP contribution in [0.5, 0.6) is 0 Å². The van der Waals surface area contributed by atoms with Crippen LogP contribution in [-0.4, -0.2) is 50.2 Å². The van der Waals surface area contributed by atoms with Crippen molar-refractivity contribution in [1.82, 2.24) is 30.0 Å². The molecule has 1 aliphatic heterocycles. The molecule has 0 aliphatic carbocycles. The van der Waals surface area contributed by atoms with Crippen molar-refractivity contribution in [2.45, 2.75) is 53.1 Å². The highest BCUT2D eigenvalue weighted by atomic mass is 16.1. The van der Waals surface area contributed by atoms with Gasteiger partial charge >= 0.3 is 0 Å². The van der Waals surface area contributed by atoms with Crippen molar-refractivity contribution in [1.29, 1.82) is 0 Å². The standard InChI is InChI=1S/C21H32N6O/c1-15(2)12-18(23-21(28)17-6-5-8-22-13-17)20-25-24-19-7-9-26(14-16(3)4)10-11-27(19)20/h5-6,8,13,15-16,18H,7,9-12,14H2,1-4H3,(H,23,28)/t18-/m1/s1. The highest BCUT2D eigenvalue weighted by Crippen LogP contribution is 2.23. The second kappa shape index (κ2) is 9.28. The van der Waals surface area contributed by atoms with E-state index in [0.717, 1.165) is 50.7 Å². The number of hydrogen-bond acceptors (Lipinski definition) is 5. The molecular formula is C21H32N6O. The van der Waals surface area contributed by atoms with Gasteiger partial charge in [0.05, 0.1) is 11.6 Å². The van der Waals surface area contributed by atoms with Crippen LogP contribution >= 0.6 is 0 Å². The predicted molar refractivity (Wildman–Crippen MR) is 109 cm³/mol. The molecule has 0 saturated heterocycles. The summed E-state index contributed by atoms with van der Waals surface area (Å²) in [6, 6.07) is 3.40. The van der Waals surface area contributed by atoms with Crippen LogP contribution in [0.25, 0.3) is 0 Å². The molecule has 0 bridgehead atoms. The third-order valence-electron chi connectivity index (χ3n) is 5.02. The molecule has 0 unspecified atom stereocenters. The summed E-state index contributed by atoms with van der Waals surface area (Å²) in [6.07, 6.45) is 4.98. The Morgan fingerprint density at radius 3 is 2.64 bits per heavy atom. The highest BCUT2D eigenvalue weighted by Gasteiger charge is 2.26. The van der Waals surface area contributed by atoms with Crippen LogP contribution in [0.1, 0.15) is 62.2 Å². The quantitative estimate of drug-likeness (QED) is 0.794. The largest absolute Gasteiger partial charge is 0.342 e. The minimum atomic E-state index is -0.161. The number of nitrogens with one attached hydrogen (secondary N) is 1. The molecule has 0 radical (unpaired) electrons. The van der Waals surface area contributed by atoms with Crippen LogP contribution < -0.4 is 5.32 Å². The SMILES string of the molecule is CC(C)C[C@@H](NC(=O)c1cccnc1)c1nnc2n1CCN(CC(C)C)CC2. The smallest absolute Gasteiger partial charge is 0.253 e. The number of nitrogens with zero attached hydrogens (tertiary/aromatic N) is 5. The van der Waals surface area contributed by atoms with E-state index in [2.05, 4.69) is 57.7 Å². The molecule has 0 fully saturated rings. The van der Waals surface area contributed by atoms with E-state index in [1.165, 1.54) is 0 Å². The Morgan fingerprint density at radius 2 is 1.96 bits per heavy atom. The fourth-order valence-electron chi connectivity index (χ4n) is 3.78. The molecule has 0 aromatic carbocycles. The van der Waals surface area contributed by atoms with E-state index in [1.54, 1.807) is 24.5 Å². The van der Waals surface area contributed by atoms with Gasteiger partial charge in [0.25, 0.3) is 5.91 Å². The average molecular weight is 385 g/mol. The van der Waals surface area contributed by atoms with Gasteiger partial charge in [0.15, 0.2) is 5.82 Å². The summed E-state index contributed by atoms with van der Waals surface area (Å²) in [7, 11) is 0. The summed E-state index contributed by atoms with van der Waals surface area (Å²) in [4.78, 5) is 19.3. The maximum absolute atomic E-state index is 12.7. The lowest BCUT2D eigenvalue weighted by Crippen LogP contribution is -2.33. The zero-order valence-corrected chi connectivity index (χ0v) is 17.4. The number of rotatable bonds is 7. The zero-order valence-electron chi connectivity index (χ0n) is 17.4. The van der Waals surface area contributed by atoms with Crippen LogP contribution in [-0.2, 0) is 13.0 Å². The molecule has 1 amide bonds. The number of pyridine rings is 1. The van der Waals surface area contributed by atoms with Gasteiger partial charge in [-0.05, 0) is 30.4 Å². The minimum Gasteiger partial charge on any atom is -0.342 e. The van der Waals surface area contributed by atoms with Gasteiger partial charge < -0.3 is 14.8 Å². The third kappa shape index (κ3) is 5.16. The molecule has 3 heterocycles. The average Bonchev–Trinajstić information content (AvgIpc) is 2.96. The topological polar surface area (TPSA) is 75.9 Å². The number of carbonyl (C=O) groups excluding carboxylic acids is 1. The van der Waals surface area contributed by atoms with Gasteiger partial charge in [0.1, 0.15) is 5.82 Å². The van der Waals surface area contributed by atoms with Gasteiger partial charge in [-0.25, -0.2) is 0 Å². The fourth-order valence-corrected chi connectivity index (χ4v) is 3.78. The first-order chi connectivity index (χ1) is 13.4. The molecular weight excluding hydrogens is 352 g/mol. The first-order valence-corrected chi connectivity index (χ1v) is 10.3. The molecule has 0 spiro atoms. The molecule has 28 heavy (non-hydrogen) atoms. The normalized spacial score (nSPS) is 16.1. The number of carbonyl (C=O) groups is 1. The van der Waals surface area contributed by atoms with Crippen molar-refractivity contribution >= 4 is 5.91 Å². The third-order valence-corrected chi connectivity index (χ3v) is 5.02. The van der Waals surface area contributed by atoms with E-state index in [1.807, 2.05) is 0 Å². The summed E-state index contributed by atoms with van der Waals surface area (Å²) in [6.45, 7) is 12.8. The van der Waals surface area contributed by atoms with Crippen molar-refractivity contribution in [3.63, 3.8) is 0 Å². The summed E-state index contributed by atoms with van der Waals surface area (Å²) in [5.74, 6) is 2.84. The van der Waals surface area contributed by atoms with Crippen molar-refractivity contribution in [3.05, 3.63) is 41.7 Å². The Morgan fingerprint density at radius 1 is 1.14 bits per heavy atom. The lowest BCUT2D eigenvalue weighted by molar-refractivity contribution is 0.0928. The zero-order chi connectivity index (χ0) is 20.1. The highest BCUT2D eigenvalue weighted by molar-refractivity contribution is 5.94. The first-order valence-electron chi connectivity index (χ1n) is 10.3. The van der Waals surface area contributed by atoms with Gasteiger partial charge in [-0.1, -0.05) is 27.7 Å². The van der Waals surface area contributed by atoms with Gasteiger partial charge in [-0.3, -0.25) is 9.78 Å². The molecule has 152 valence electrons. The maximum atomic E-state index is 12.7. The van der Waals surface area contributed by atoms with E-state index in [9.17, 15) is 4.79 Å². The minimum absolute atomic E-state index is 0.119. The van der Waals surface area contributed by atoms with Crippen molar-refractivity contribution < 1.29 is 4.79 Å². The van der Waals surface area contributed by atoms with Crippen LogP contribution in [0, 0.1) is 11.8 Å². The van der Waals surface area contributed by atoms with Crippen LogP contribution in [0.4, 0.5) is 0 Å². The lowest BCUT2D eigenvalue weighted by Gasteiger charge is -2.23. The predicted octanol–water partition coefficient (Wildman–Crippen LogP) is 2.70. The number of aromatic nitrogens is 4. The fraction of sp³-hybridized carbons (Fsp3) is 0.619. The molecule has 1 N–H and O–H groups in total. The summed E-state index contributed by atoms with van der Waals surface area (Å²) in [5.41, 5.74) is 0.565. The number of hydrogen-bond donors (Lipinski definition) is 1. The van der Waals surface area contributed by atoms with Crippen LogP contribution in [0.3, 0.4) is 0 Å². The molecule has 2 aromatic rings. The molecule has 1 atom stereocenters. The molecule has 7 nitrogen and oxygen atoms in total. The second-order valence-corrected chi connectivity index (χ2v) is 8.47. The van der Waals surface area contributed by atoms with Gasteiger partial charge in [0.2, 0.25) is 0 Å². The molecule has 3 rings (SSSR count). The Bertz CT molecular complexity index is 770. The summed E-state index contributed by atoms with van der Waals surface area (Å²) < 4.78 is 2.22. The van der Waals surface area contributed by atoms with Crippen molar-refractivity contribution in [2.24, 2.45) is 11.8 Å². The van der Waals surface area contributed by atoms with Gasteiger partial charge in [0, 0.05) is 45.0 Å². The Labute approximate surface area is 167 Å². The Balaban J connectivity index is 1.79. The van der Waals surface area contributed by atoms with E-state index < -0.39 is 0 Å². The summed E-state index contributed by atoms with van der Waals surface area (Å²) in [5, 5.41) is 12.1. The molecule has 2 aromatic heterocycles. The number of amides is 1. The number of fused-ring (bicyclic) bond motifs is 1. The molecule has 1 aliphatic rings. The molecule has 0 saturated carbocycles. The van der Waals surface area contributed by atoms with Crippen LogP contribution in [0.15, 0.2) is 24.5 Å². The van der Waals surface area contributed by atoms with E-state index in [0.29, 0.717) is 17.4 Å². The maximum Gasteiger partial charge on any atom is 0.253 e. The summed E-state index contributed by atoms with van der Waals surface area (Å²) >= 11 is 0. The van der Waals surface area contributed by atoms with E-state index >= 15 is 0 Å². The van der Waals surface area contributed by atoms with E-state index in [4.69, 9.17) is 0 Å². The Hall–Kier alpha value is -2.28. The Kier molecular flexibility index (Phi) is 6.78. The molecule has 7 heteroatoms. The van der Waals surface area contributed by atoms with Gasteiger partial charge in [-0.2, -0.15) is 0 Å². The second-order valence-electron chi connectivity index (χ2n) is 8.47.